The van der Waals surface area contributed by atoms with Crippen molar-refractivity contribution in [2.24, 2.45) is 5.73 Å². The molecule has 10 nitrogen and oxygen atoms in total. The molecule has 0 bridgehead atoms. The van der Waals surface area contributed by atoms with Crippen LogP contribution in [-0.4, -0.2) is 69.1 Å². The molecule has 0 unspecified atom stereocenters. The van der Waals surface area contributed by atoms with Crippen molar-refractivity contribution in [1.82, 2.24) is 24.4 Å². The van der Waals surface area contributed by atoms with Crippen molar-refractivity contribution in [3.63, 3.8) is 0 Å². The number of hydrogen-bond acceptors (Lipinski definition) is 6. The van der Waals surface area contributed by atoms with Crippen LogP contribution in [0.4, 0.5) is 23.7 Å². The lowest BCUT2D eigenvalue weighted by molar-refractivity contribution is -0.143. The first-order valence-corrected chi connectivity index (χ1v) is 13.4. The van der Waals surface area contributed by atoms with Crippen molar-refractivity contribution in [2.45, 2.75) is 26.1 Å². The molecule has 43 heavy (non-hydrogen) atoms. The number of alkyl halides is 3. The number of methoxy groups -OCH3 is 1. The van der Waals surface area contributed by atoms with E-state index in [0.717, 1.165) is 11.8 Å². The Morgan fingerprint density at radius 1 is 1.14 bits per heavy atom. The fraction of sp³-hybridized carbons (Fsp3) is 0.267. The molecule has 13 heteroatoms. The molecule has 2 aromatic carbocycles. The van der Waals surface area contributed by atoms with Gasteiger partial charge in [0.1, 0.15) is 11.3 Å². The monoisotopic (exact) mass is 593 g/mol. The van der Waals surface area contributed by atoms with Crippen molar-refractivity contribution in [3.8, 4) is 17.0 Å². The molecule has 1 fully saturated rings. The van der Waals surface area contributed by atoms with Gasteiger partial charge in [-0.05, 0) is 55.8 Å². The van der Waals surface area contributed by atoms with Crippen molar-refractivity contribution < 1.29 is 27.5 Å². The van der Waals surface area contributed by atoms with Gasteiger partial charge in [0.15, 0.2) is 11.3 Å². The molecule has 4 aromatic rings. The summed E-state index contributed by atoms with van der Waals surface area (Å²) in [4.78, 5) is 33.2. The second kappa shape index (κ2) is 11.3. The van der Waals surface area contributed by atoms with E-state index in [2.05, 4.69) is 22.0 Å². The average Bonchev–Trinajstić information content (AvgIpc) is 3.38. The highest BCUT2D eigenvalue weighted by Crippen LogP contribution is 2.37. The molecule has 0 aliphatic carbocycles. The smallest absolute Gasteiger partial charge is 0.433 e. The number of ether oxygens (including phenoxy) is 1. The number of benzene rings is 2. The van der Waals surface area contributed by atoms with Crippen LogP contribution in [0.3, 0.4) is 0 Å². The Labute approximate surface area is 245 Å². The van der Waals surface area contributed by atoms with Crippen LogP contribution in [0.25, 0.3) is 22.6 Å². The van der Waals surface area contributed by atoms with Crippen molar-refractivity contribution >= 4 is 29.0 Å². The van der Waals surface area contributed by atoms with Gasteiger partial charge >= 0.3 is 12.2 Å². The molecule has 3 heterocycles. The highest BCUT2D eigenvalue weighted by molar-refractivity contribution is 6.00. The predicted octanol–water partition coefficient (Wildman–Crippen LogP) is 5.04. The zero-order valence-electron chi connectivity index (χ0n) is 23.8. The van der Waals surface area contributed by atoms with Crippen LogP contribution in [0, 0.1) is 6.92 Å². The number of anilines is 1. The minimum atomic E-state index is -4.75. The number of urea groups is 1. The molecule has 0 radical (unpaired) electrons. The number of hydrogen-bond donors (Lipinski definition) is 2. The lowest BCUT2D eigenvalue weighted by Gasteiger charge is -2.41. The first-order valence-electron chi connectivity index (χ1n) is 13.4. The van der Waals surface area contributed by atoms with E-state index in [1.54, 1.807) is 47.4 Å². The highest BCUT2D eigenvalue weighted by atomic mass is 19.4. The number of amides is 3. The average molecular weight is 594 g/mol. The van der Waals surface area contributed by atoms with Crippen LogP contribution in [0.15, 0.2) is 61.3 Å². The number of rotatable bonds is 6. The Morgan fingerprint density at radius 2 is 1.86 bits per heavy atom. The van der Waals surface area contributed by atoms with Crippen LogP contribution < -0.4 is 15.8 Å². The first kappa shape index (κ1) is 29.4. The number of halogens is 3. The van der Waals surface area contributed by atoms with Crippen LogP contribution in [0.2, 0.25) is 0 Å². The summed E-state index contributed by atoms with van der Waals surface area (Å²) in [5, 5.41) is 6.50. The summed E-state index contributed by atoms with van der Waals surface area (Å²) in [6.07, 6.45) is -3.60. The Hall–Kier alpha value is -5.07. The van der Waals surface area contributed by atoms with Crippen LogP contribution >= 0.6 is 0 Å². The van der Waals surface area contributed by atoms with Gasteiger partial charge < -0.3 is 25.6 Å². The summed E-state index contributed by atoms with van der Waals surface area (Å²) >= 11 is 0. The lowest BCUT2D eigenvalue weighted by Crippen LogP contribution is -2.53. The molecule has 1 aliphatic heterocycles. The van der Waals surface area contributed by atoms with E-state index in [9.17, 15) is 22.8 Å². The molecule has 3 N–H and O–H groups in total. The molecular weight excluding hydrogens is 563 g/mol. The van der Waals surface area contributed by atoms with E-state index in [-0.39, 0.29) is 28.5 Å². The van der Waals surface area contributed by atoms with Gasteiger partial charge in [0.2, 0.25) is 0 Å². The molecule has 0 saturated carbocycles. The third kappa shape index (κ3) is 5.70. The van der Waals surface area contributed by atoms with Gasteiger partial charge in [-0.25, -0.2) is 14.3 Å². The minimum absolute atomic E-state index is 0.0235. The number of nitrogens with two attached hydrogens (primary N) is 1. The molecule has 2 aromatic heterocycles. The first-order chi connectivity index (χ1) is 20.4. The maximum absolute atomic E-state index is 14.3. The Morgan fingerprint density at radius 3 is 2.49 bits per heavy atom. The summed E-state index contributed by atoms with van der Waals surface area (Å²) in [5.41, 5.74) is 6.45. The third-order valence-electron chi connectivity index (χ3n) is 7.48. The van der Waals surface area contributed by atoms with E-state index in [1.807, 2.05) is 17.9 Å². The Kier molecular flexibility index (Phi) is 7.74. The molecular formula is C30H30F3N7O3. The number of fused-ring (bicyclic) bond motifs is 1. The van der Waals surface area contributed by atoms with E-state index in [0.29, 0.717) is 46.8 Å². The van der Waals surface area contributed by atoms with Crippen LogP contribution in [0.1, 0.15) is 34.1 Å². The maximum Gasteiger partial charge on any atom is 0.433 e. The van der Waals surface area contributed by atoms with Gasteiger partial charge in [-0.2, -0.15) is 18.3 Å². The minimum Gasteiger partial charge on any atom is -0.497 e. The van der Waals surface area contributed by atoms with Gasteiger partial charge in [0.05, 0.1) is 19.0 Å². The van der Waals surface area contributed by atoms with Crippen molar-refractivity contribution in [2.75, 3.05) is 32.1 Å². The normalized spacial score (nSPS) is 15.4. The second-order valence-corrected chi connectivity index (χ2v) is 10.3. The van der Waals surface area contributed by atoms with E-state index in [4.69, 9.17) is 10.5 Å². The maximum atomic E-state index is 14.3. The van der Waals surface area contributed by atoms with E-state index in [1.165, 1.54) is 14.0 Å². The topological polar surface area (TPSA) is 118 Å². The highest BCUT2D eigenvalue weighted by Gasteiger charge is 2.39. The van der Waals surface area contributed by atoms with Gasteiger partial charge in [-0.15, -0.1) is 0 Å². The fourth-order valence-electron chi connectivity index (χ4n) is 5.35. The lowest BCUT2D eigenvalue weighted by atomic mass is 10.0. The molecule has 3 amide bonds. The predicted molar refractivity (Wildman–Crippen MR) is 155 cm³/mol. The number of carbonyl (C=O) groups is 2. The van der Waals surface area contributed by atoms with Gasteiger partial charge in [-0.3, -0.25) is 4.79 Å². The van der Waals surface area contributed by atoms with Gasteiger partial charge in [0, 0.05) is 48.2 Å². The standard InChI is InChI=1S/C30H30F3N7O3/c1-17-16-38(19(3)21-6-5-7-22(14-21)36-29(34)42)12-13-39(17)28(41)24-15-35-40-26(30(31,32)33)18(2)25(37-27(24)40)20-8-10-23(43-4)11-9-20/h5-11,14-15,17H,3,12-13,16H2,1-2,4H3,(H3,34,36,42)/t17-/m1/s1. The Bertz CT molecular complexity index is 1720. The molecule has 1 aliphatic rings. The van der Waals surface area contributed by atoms with Crippen LogP contribution in [0.5, 0.6) is 5.75 Å². The van der Waals surface area contributed by atoms with E-state index < -0.39 is 23.8 Å². The summed E-state index contributed by atoms with van der Waals surface area (Å²) < 4.78 is 48.8. The number of nitrogens with zero attached hydrogens (tertiary/aromatic N) is 5. The SMILES string of the molecule is C=C(c1cccc(NC(N)=O)c1)N1CCN(C(=O)c2cnn3c(C(F)(F)F)c(C)c(-c4ccc(OC)cc4)nc23)[C@H](C)C1. The van der Waals surface area contributed by atoms with Crippen molar-refractivity contribution in [3.05, 3.63) is 83.7 Å². The number of aromatic nitrogens is 3. The number of primary amides is 1. The number of piperazine rings is 1. The Balaban J connectivity index is 1.44. The quantitative estimate of drug-likeness (QED) is 0.324. The molecule has 1 saturated heterocycles. The third-order valence-corrected chi connectivity index (χ3v) is 7.48. The van der Waals surface area contributed by atoms with Gasteiger partial charge in [-0.1, -0.05) is 18.7 Å². The number of nitrogens with one attached hydrogen (secondary N) is 1. The second-order valence-electron chi connectivity index (χ2n) is 10.3. The fourth-order valence-corrected chi connectivity index (χ4v) is 5.35. The number of carbonyl (C=O) groups excluding carboxylic acids is 2. The molecule has 224 valence electrons. The summed E-state index contributed by atoms with van der Waals surface area (Å²) in [7, 11) is 1.49. The van der Waals surface area contributed by atoms with E-state index >= 15 is 0 Å². The zero-order valence-corrected chi connectivity index (χ0v) is 23.8. The summed E-state index contributed by atoms with van der Waals surface area (Å²) in [6, 6.07) is 12.6. The molecule has 0 spiro atoms. The van der Waals surface area contributed by atoms with Gasteiger partial charge in [0.25, 0.3) is 5.91 Å². The largest absolute Gasteiger partial charge is 0.497 e. The molecule has 1 atom stereocenters. The van der Waals surface area contributed by atoms with Crippen molar-refractivity contribution in [1.29, 1.82) is 0 Å². The zero-order chi connectivity index (χ0) is 31.1. The molecule has 5 rings (SSSR count). The summed E-state index contributed by atoms with van der Waals surface area (Å²) in [5.74, 6) is 0.0789. The van der Waals surface area contributed by atoms with Crippen LogP contribution in [-0.2, 0) is 6.18 Å². The summed E-state index contributed by atoms with van der Waals surface area (Å²) in [6.45, 7) is 8.54.